The third-order valence-electron chi connectivity index (χ3n) is 2.40. The van der Waals surface area contributed by atoms with Gasteiger partial charge in [-0.1, -0.05) is 11.6 Å². The molecule has 1 N–H and O–H groups in total. The van der Waals surface area contributed by atoms with Gasteiger partial charge in [0.25, 0.3) is 0 Å². The zero-order chi connectivity index (χ0) is 11.4. The molecule has 3 nitrogen and oxygen atoms in total. The zero-order valence-electron chi connectivity index (χ0n) is 9.15. The van der Waals surface area contributed by atoms with Crippen molar-refractivity contribution in [3.05, 3.63) is 47.5 Å². The van der Waals surface area contributed by atoms with Gasteiger partial charge in [0.1, 0.15) is 5.15 Å². The minimum Gasteiger partial charge on any atom is -0.381 e. The number of pyridine rings is 1. The maximum Gasteiger partial charge on any atom is 0.131 e. The quantitative estimate of drug-likeness (QED) is 0.825. The Kier molecular flexibility index (Phi) is 3.47. The van der Waals surface area contributed by atoms with E-state index < -0.39 is 0 Å². The molecule has 2 heterocycles. The van der Waals surface area contributed by atoms with Crippen molar-refractivity contribution in [1.82, 2.24) is 9.55 Å². The third-order valence-corrected chi connectivity index (χ3v) is 2.61. The fourth-order valence-electron chi connectivity index (χ4n) is 1.51. The number of halogens is 1. The van der Waals surface area contributed by atoms with Crippen LogP contribution in [0.15, 0.2) is 36.8 Å². The van der Waals surface area contributed by atoms with Crippen LogP contribution < -0.4 is 5.32 Å². The summed E-state index contributed by atoms with van der Waals surface area (Å²) < 4.78 is 2.15. The van der Waals surface area contributed by atoms with Crippen molar-refractivity contribution in [1.29, 1.82) is 0 Å². The number of nitrogens with one attached hydrogen (secondary N) is 1. The van der Waals surface area contributed by atoms with Gasteiger partial charge >= 0.3 is 0 Å². The predicted octanol–water partition coefficient (Wildman–Crippen LogP) is 3.17. The molecule has 0 fully saturated rings. The Bertz CT molecular complexity index is 465. The summed E-state index contributed by atoms with van der Waals surface area (Å²) in [7, 11) is 0. The standard InChI is InChI=1S/C12H14ClN3/c1-2-16-6-4-10(9-16)8-15-11-3-5-14-12(13)7-11/h3-7,9H,2,8H2,1H3,(H,14,15). The van der Waals surface area contributed by atoms with Gasteiger partial charge in [0.2, 0.25) is 0 Å². The van der Waals surface area contributed by atoms with Crippen molar-refractivity contribution in [3.8, 4) is 0 Å². The van der Waals surface area contributed by atoms with Crippen molar-refractivity contribution in [2.75, 3.05) is 5.32 Å². The Morgan fingerprint density at radius 3 is 3.00 bits per heavy atom. The highest BCUT2D eigenvalue weighted by molar-refractivity contribution is 6.29. The number of aromatic nitrogens is 2. The summed E-state index contributed by atoms with van der Waals surface area (Å²) in [4.78, 5) is 3.93. The molecule has 0 atom stereocenters. The van der Waals surface area contributed by atoms with E-state index in [1.165, 1.54) is 5.56 Å². The van der Waals surface area contributed by atoms with E-state index in [1.807, 2.05) is 12.1 Å². The van der Waals surface area contributed by atoms with E-state index in [0.29, 0.717) is 5.15 Å². The van der Waals surface area contributed by atoms with Crippen LogP contribution in [0, 0.1) is 0 Å². The molecule has 0 saturated heterocycles. The summed E-state index contributed by atoms with van der Waals surface area (Å²) in [5, 5.41) is 3.81. The third kappa shape index (κ3) is 2.76. The second-order valence-electron chi connectivity index (χ2n) is 3.57. The van der Waals surface area contributed by atoms with E-state index in [2.05, 4.69) is 40.3 Å². The van der Waals surface area contributed by atoms with Crippen LogP contribution in [0.25, 0.3) is 0 Å². The molecule has 0 saturated carbocycles. The van der Waals surface area contributed by atoms with Crippen LogP contribution in [0.5, 0.6) is 0 Å². The van der Waals surface area contributed by atoms with Crippen LogP contribution >= 0.6 is 11.6 Å². The van der Waals surface area contributed by atoms with E-state index in [1.54, 1.807) is 6.20 Å². The Morgan fingerprint density at radius 2 is 2.31 bits per heavy atom. The summed E-state index contributed by atoms with van der Waals surface area (Å²) in [6.07, 6.45) is 5.91. The molecule has 2 aromatic heterocycles. The highest BCUT2D eigenvalue weighted by atomic mass is 35.5. The van der Waals surface area contributed by atoms with Gasteiger partial charge in [0, 0.05) is 37.4 Å². The molecule has 0 unspecified atom stereocenters. The minimum atomic E-state index is 0.510. The molecule has 0 radical (unpaired) electrons. The first-order valence-electron chi connectivity index (χ1n) is 5.28. The van der Waals surface area contributed by atoms with Crippen LogP contribution in [0.1, 0.15) is 12.5 Å². The highest BCUT2D eigenvalue weighted by Gasteiger charge is 1.97. The molecule has 0 aliphatic heterocycles. The van der Waals surface area contributed by atoms with Crippen molar-refractivity contribution in [2.24, 2.45) is 0 Å². The molecule has 84 valence electrons. The molecule has 0 aromatic carbocycles. The molecule has 2 aromatic rings. The Hall–Kier alpha value is -1.48. The molecule has 0 bridgehead atoms. The van der Waals surface area contributed by atoms with Crippen LogP contribution in [-0.2, 0) is 13.1 Å². The molecule has 16 heavy (non-hydrogen) atoms. The number of nitrogens with zero attached hydrogens (tertiary/aromatic N) is 2. The second kappa shape index (κ2) is 5.03. The van der Waals surface area contributed by atoms with Gasteiger partial charge in [-0.05, 0) is 30.7 Å². The van der Waals surface area contributed by atoms with Crippen molar-refractivity contribution in [2.45, 2.75) is 20.0 Å². The monoisotopic (exact) mass is 235 g/mol. The number of aryl methyl sites for hydroxylation is 1. The number of anilines is 1. The summed E-state index contributed by atoms with van der Waals surface area (Å²) in [5.74, 6) is 0. The summed E-state index contributed by atoms with van der Waals surface area (Å²) in [5.41, 5.74) is 2.25. The first kappa shape index (κ1) is 11.0. The number of hydrogen-bond donors (Lipinski definition) is 1. The van der Waals surface area contributed by atoms with Crippen LogP contribution in [0.3, 0.4) is 0 Å². The normalized spacial score (nSPS) is 10.4. The molecule has 0 amide bonds. The van der Waals surface area contributed by atoms with Crippen LogP contribution in [-0.4, -0.2) is 9.55 Å². The van der Waals surface area contributed by atoms with Gasteiger partial charge in [0.15, 0.2) is 0 Å². The lowest BCUT2D eigenvalue weighted by atomic mass is 10.3. The largest absolute Gasteiger partial charge is 0.381 e. The van der Waals surface area contributed by atoms with Crippen molar-refractivity contribution >= 4 is 17.3 Å². The average Bonchev–Trinajstić information content (AvgIpc) is 2.74. The van der Waals surface area contributed by atoms with Gasteiger partial charge < -0.3 is 9.88 Å². The van der Waals surface area contributed by atoms with Gasteiger partial charge in [0.05, 0.1) is 0 Å². The van der Waals surface area contributed by atoms with Crippen molar-refractivity contribution in [3.63, 3.8) is 0 Å². The summed E-state index contributed by atoms with van der Waals surface area (Å²) in [6, 6.07) is 5.83. The average molecular weight is 236 g/mol. The Labute approximate surface area is 100 Å². The van der Waals surface area contributed by atoms with E-state index in [4.69, 9.17) is 11.6 Å². The lowest BCUT2D eigenvalue weighted by molar-refractivity contribution is 0.766. The first-order valence-corrected chi connectivity index (χ1v) is 5.66. The minimum absolute atomic E-state index is 0.510. The maximum absolute atomic E-state index is 5.80. The molecule has 0 spiro atoms. The molecule has 4 heteroatoms. The highest BCUT2D eigenvalue weighted by Crippen LogP contribution is 2.13. The van der Waals surface area contributed by atoms with Crippen LogP contribution in [0.4, 0.5) is 5.69 Å². The zero-order valence-corrected chi connectivity index (χ0v) is 9.91. The van der Waals surface area contributed by atoms with Gasteiger partial charge in [-0.2, -0.15) is 0 Å². The smallest absolute Gasteiger partial charge is 0.131 e. The topological polar surface area (TPSA) is 29.9 Å². The molecular weight excluding hydrogens is 222 g/mol. The molecular formula is C12H14ClN3. The Morgan fingerprint density at radius 1 is 1.44 bits per heavy atom. The number of rotatable bonds is 4. The fourth-order valence-corrected chi connectivity index (χ4v) is 1.68. The van der Waals surface area contributed by atoms with E-state index >= 15 is 0 Å². The van der Waals surface area contributed by atoms with Gasteiger partial charge in [-0.25, -0.2) is 4.98 Å². The number of hydrogen-bond acceptors (Lipinski definition) is 2. The molecule has 0 aliphatic carbocycles. The van der Waals surface area contributed by atoms with E-state index in [0.717, 1.165) is 18.8 Å². The van der Waals surface area contributed by atoms with Gasteiger partial charge in [-0.15, -0.1) is 0 Å². The summed E-state index contributed by atoms with van der Waals surface area (Å²) >= 11 is 5.80. The predicted molar refractivity (Wildman–Crippen MR) is 66.7 cm³/mol. The lowest BCUT2D eigenvalue weighted by Gasteiger charge is -2.04. The van der Waals surface area contributed by atoms with Gasteiger partial charge in [-0.3, -0.25) is 0 Å². The first-order chi connectivity index (χ1) is 7.78. The molecule has 0 aliphatic rings. The van der Waals surface area contributed by atoms with Crippen LogP contribution in [0.2, 0.25) is 5.15 Å². The molecule has 2 rings (SSSR count). The van der Waals surface area contributed by atoms with Crippen molar-refractivity contribution < 1.29 is 0 Å². The summed E-state index contributed by atoms with van der Waals surface area (Å²) in [6.45, 7) is 3.92. The van der Waals surface area contributed by atoms with E-state index in [-0.39, 0.29) is 0 Å². The second-order valence-corrected chi connectivity index (χ2v) is 3.96. The Balaban J connectivity index is 1.96. The lowest BCUT2D eigenvalue weighted by Crippen LogP contribution is -1.98. The maximum atomic E-state index is 5.80. The van der Waals surface area contributed by atoms with E-state index in [9.17, 15) is 0 Å². The SMILES string of the molecule is CCn1ccc(CNc2ccnc(Cl)c2)c1. The fraction of sp³-hybridized carbons (Fsp3) is 0.250.